The van der Waals surface area contributed by atoms with E-state index in [1.807, 2.05) is 12.1 Å². The van der Waals surface area contributed by atoms with Gasteiger partial charge in [-0.05, 0) is 43.0 Å². The molecule has 5 heteroatoms. The first-order valence-electron chi connectivity index (χ1n) is 9.11. The first kappa shape index (κ1) is 16.3. The second-order valence-corrected chi connectivity index (χ2v) is 7.31. The van der Waals surface area contributed by atoms with Crippen LogP contribution in [0.4, 0.5) is 5.69 Å². The highest BCUT2D eigenvalue weighted by molar-refractivity contribution is 5.95. The molecule has 2 fully saturated rings. The third-order valence-electron chi connectivity index (χ3n) is 5.27. The Labute approximate surface area is 148 Å². The van der Waals surface area contributed by atoms with Crippen LogP contribution in [0.25, 0.3) is 10.9 Å². The van der Waals surface area contributed by atoms with Crippen LogP contribution in [0.1, 0.15) is 25.3 Å². The first-order valence-corrected chi connectivity index (χ1v) is 9.11. The van der Waals surface area contributed by atoms with Crippen LogP contribution >= 0.6 is 0 Å². The van der Waals surface area contributed by atoms with Gasteiger partial charge in [-0.25, -0.2) is 0 Å². The lowest BCUT2D eigenvalue weighted by molar-refractivity contribution is 0.185. The van der Waals surface area contributed by atoms with Crippen LogP contribution < -0.4 is 10.2 Å². The lowest BCUT2D eigenvalue weighted by Crippen LogP contribution is -2.51. The third kappa shape index (κ3) is 3.33. The summed E-state index contributed by atoms with van der Waals surface area (Å²) >= 11 is 0. The minimum absolute atomic E-state index is 0.470. The van der Waals surface area contributed by atoms with Crippen molar-refractivity contribution >= 4 is 16.6 Å². The van der Waals surface area contributed by atoms with Crippen LogP contribution in [0.5, 0.6) is 0 Å². The van der Waals surface area contributed by atoms with E-state index in [0.717, 1.165) is 43.6 Å². The van der Waals surface area contributed by atoms with E-state index < -0.39 is 0 Å². The Morgan fingerprint density at radius 3 is 3.00 bits per heavy atom. The molecule has 4 rings (SSSR count). The molecule has 0 bridgehead atoms. The maximum absolute atomic E-state index is 9.35. The molecule has 1 aromatic carbocycles. The zero-order chi connectivity index (χ0) is 17.2. The monoisotopic (exact) mass is 336 g/mol. The van der Waals surface area contributed by atoms with Crippen molar-refractivity contribution in [1.82, 2.24) is 10.3 Å². The number of anilines is 1. The zero-order valence-electron chi connectivity index (χ0n) is 14.6. The Morgan fingerprint density at radius 2 is 2.20 bits per heavy atom. The fourth-order valence-electron chi connectivity index (χ4n) is 4.19. The van der Waals surface area contributed by atoms with Crippen molar-refractivity contribution < 1.29 is 4.74 Å². The summed E-state index contributed by atoms with van der Waals surface area (Å²) in [7, 11) is 0. The maximum Gasteiger partial charge on any atom is 0.101 e. The number of nitrogens with zero attached hydrogens (tertiary/aromatic N) is 3. The minimum Gasteiger partial charge on any atom is -0.380 e. The van der Waals surface area contributed by atoms with Gasteiger partial charge in [0.05, 0.1) is 17.7 Å². The number of hydrogen-bond acceptors (Lipinski definition) is 5. The average molecular weight is 336 g/mol. The van der Waals surface area contributed by atoms with Gasteiger partial charge in [0, 0.05) is 49.1 Å². The molecule has 0 radical (unpaired) electrons. The van der Waals surface area contributed by atoms with Crippen molar-refractivity contribution in [3.8, 4) is 6.07 Å². The Kier molecular flexibility index (Phi) is 4.56. The molecule has 0 spiro atoms. The number of aromatic nitrogens is 1. The van der Waals surface area contributed by atoms with Crippen molar-refractivity contribution in [3.63, 3.8) is 0 Å². The largest absolute Gasteiger partial charge is 0.380 e. The van der Waals surface area contributed by atoms with E-state index in [1.165, 1.54) is 12.1 Å². The second-order valence-electron chi connectivity index (χ2n) is 7.31. The number of ether oxygens (including phenoxy) is 1. The fraction of sp³-hybridized carbons (Fsp3) is 0.500. The number of piperidine rings is 1. The fourth-order valence-corrected chi connectivity index (χ4v) is 4.19. The number of nitriles is 1. The van der Waals surface area contributed by atoms with Gasteiger partial charge in [-0.2, -0.15) is 5.26 Å². The number of benzene rings is 1. The number of hydrogen-bond donors (Lipinski definition) is 1. The van der Waals surface area contributed by atoms with Crippen molar-refractivity contribution in [2.24, 2.45) is 5.92 Å². The van der Waals surface area contributed by atoms with Gasteiger partial charge in [-0.15, -0.1) is 0 Å². The summed E-state index contributed by atoms with van der Waals surface area (Å²) in [6, 6.07) is 11.2. The van der Waals surface area contributed by atoms with Crippen LogP contribution in [0, 0.1) is 17.2 Å². The zero-order valence-corrected chi connectivity index (χ0v) is 14.6. The highest BCUT2D eigenvalue weighted by atomic mass is 16.5. The topological polar surface area (TPSA) is 61.2 Å². The molecule has 1 unspecified atom stereocenters. The molecule has 3 atom stereocenters. The van der Waals surface area contributed by atoms with Gasteiger partial charge < -0.3 is 15.0 Å². The summed E-state index contributed by atoms with van der Waals surface area (Å²) in [5.41, 5.74) is 2.62. The standard InChI is InChI=1S/C20H24N4O/c1-14-9-17(23-16-6-8-25-13-16)12-24(11-14)19-5-4-15(10-21)20-18(19)3-2-7-22-20/h2-5,7,14,16-17,23H,6,8-9,11-13H2,1H3/t14-,16?,17+/m0/s1. The maximum atomic E-state index is 9.35. The van der Waals surface area contributed by atoms with Crippen LogP contribution in [-0.4, -0.2) is 43.4 Å². The van der Waals surface area contributed by atoms with Gasteiger partial charge in [0.1, 0.15) is 6.07 Å². The lowest BCUT2D eigenvalue weighted by Gasteiger charge is -2.39. The molecule has 5 nitrogen and oxygen atoms in total. The second kappa shape index (κ2) is 6.99. The summed E-state index contributed by atoms with van der Waals surface area (Å²) < 4.78 is 5.51. The predicted octanol–water partition coefficient (Wildman–Crippen LogP) is 2.70. The molecule has 2 aliphatic heterocycles. The van der Waals surface area contributed by atoms with Crippen molar-refractivity contribution in [2.75, 3.05) is 31.2 Å². The van der Waals surface area contributed by atoms with Crippen molar-refractivity contribution in [3.05, 3.63) is 36.0 Å². The molecule has 2 aromatic rings. The molecule has 3 heterocycles. The predicted molar refractivity (Wildman–Crippen MR) is 98.6 cm³/mol. The summed E-state index contributed by atoms with van der Waals surface area (Å²) in [4.78, 5) is 6.90. The van der Waals surface area contributed by atoms with Crippen LogP contribution in [0.2, 0.25) is 0 Å². The van der Waals surface area contributed by atoms with Gasteiger partial charge in [-0.3, -0.25) is 4.98 Å². The number of pyridine rings is 1. The molecule has 1 N–H and O–H groups in total. The average Bonchev–Trinajstić information content (AvgIpc) is 3.13. The number of fused-ring (bicyclic) bond motifs is 1. The first-order chi connectivity index (χ1) is 12.2. The Hall–Kier alpha value is -2.16. The molecular formula is C20H24N4O. The highest BCUT2D eigenvalue weighted by Gasteiger charge is 2.28. The Balaban J connectivity index is 1.62. The van der Waals surface area contributed by atoms with E-state index in [-0.39, 0.29) is 0 Å². The van der Waals surface area contributed by atoms with Crippen LogP contribution in [0.15, 0.2) is 30.5 Å². The molecule has 25 heavy (non-hydrogen) atoms. The molecule has 130 valence electrons. The molecule has 0 amide bonds. The molecule has 2 saturated heterocycles. The van der Waals surface area contributed by atoms with Crippen molar-refractivity contribution in [2.45, 2.75) is 31.8 Å². The van der Waals surface area contributed by atoms with Gasteiger partial charge in [-0.1, -0.05) is 6.92 Å². The van der Waals surface area contributed by atoms with Crippen molar-refractivity contribution in [1.29, 1.82) is 5.26 Å². The van der Waals surface area contributed by atoms with E-state index in [1.54, 1.807) is 6.20 Å². The van der Waals surface area contributed by atoms with Gasteiger partial charge in [0.2, 0.25) is 0 Å². The summed E-state index contributed by atoms with van der Waals surface area (Å²) in [5.74, 6) is 0.621. The van der Waals surface area contributed by atoms with Gasteiger partial charge >= 0.3 is 0 Å². The molecule has 2 aliphatic rings. The van der Waals surface area contributed by atoms with E-state index in [9.17, 15) is 5.26 Å². The van der Waals surface area contributed by atoms with Gasteiger partial charge in [0.15, 0.2) is 0 Å². The smallest absolute Gasteiger partial charge is 0.101 e. The van der Waals surface area contributed by atoms with Crippen LogP contribution in [0.3, 0.4) is 0 Å². The normalized spacial score (nSPS) is 26.7. The molecular weight excluding hydrogens is 312 g/mol. The molecule has 0 saturated carbocycles. The summed E-state index contributed by atoms with van der Waals surface area (Å²) in [6.45, 7) is 6.03. The minimum atomic E-state index is 0.470. The van der Waals surface area contributed by atoms with E-state index in [2.05, 4.69) is 40.3 Å². The SMILES string of the molecule is C[C@H]1C[C@@H](NC2CCOC2)CN(c2ccc(C#N)c3ncccc23)C1. The summed E-state index contributed by atoms with van der Waals surface area (Å²) in [5, 5.41) is 14.2. The molecule has 1 aromatic heterocycles. The van der Waals surface area contributed by atoms with E-state index >= 15 is 0 Å². The van der Waals surface area contributed by atoms with E-state index in [4.69, 9.17) is 4.74 Å². The number of nitrogens with one attached hydrogen (secondary N) is 1. The van der Waals surface area contributed by atoms with Crippen LogP contribution in [-0.2, 0) is 4.74 Å². The third-order valence-corrected chi connectivity index (χ3v) is 5.27. The molecule has 0 aliphatic carbocycles. The Bertz CT molecular complexity index is 794. The Morgan fingerprint density at radius 1 is 1.28 bits per heavy atom. The number of rotatable bonds is 3. The summed E-state index contributed by atoms with van der Waals surface area (Å²) in [6.07, 6.45) is 4.06. The van der Waals surface area contributed by atoms with E-state index in [0.29, 0.717) is 23.6 Å². The quantitative estimate of drug-likeness (QED) is 0.934. The van der Waals surface area contributed by atoms with Gasteiger partial charge in [0.25, 0.3) is 0 Å². The lowest BCUT2D eigenvalue weighted by atomic mass is 9.94. The highest BCUT2D eigenvalue weighted by Crippen LogP contribution is 2.31.